The van der Waals surface area contributed by atoms with Crippen molar-refractivity contribution in [1.29, 1.82) is 0 Å². The molecule has 1 aromatic rings. The molecule has 90 valence electrons. The summed E-state index contributed by atoms with van der Waals surface area (Å²) in [5, 5.41) is 3.52. The molecule has 1 aromatic carbocycles. The molecule has 0 heterocycles. The minimum Gasteiger partial charge on any atom is -0.366 e. The molecule has 0 saturated carbocycles. The van der Waals surface area contributed by atoms with Crippen molar-refractivity contribution in [2.24, 2.45) is 5.73 Å². The minimum absolute atomic E-state index is 0.373. The number of nitrogens with two attached hydrogens (primary N) is 1. The molecule has 3 heteroatoms. The molecule has 0 saturated heterocycles. The van der Waals surface area contributed by atoms with Crippen LogP contribution in [0.3, 0.4) is 0 Å². The monoisotopic (exact) mass is 230 g/mol. The molecule has 1 unspecified atom stereocenters. The van der Waals surface area contributed by atoms with Crippen molar-refractivity contribution >= 4 is 5.91 Å². The molecule has 1 aliphatic rings. The maximum atomic E-state index is 10.9. The van der Waals surface area contributed by atoms with Crippen LogP contribution >= 0.6 is 0 Å². The normalized spacial score (nSPS) is 19.2. The summed E-state index contributed by atoms with van der Waals surface area (Å²) in [4.78, 5) is 10.9. The van der Waals surface area contributed by atoms with Crippen molar-refractivity contribution in [1.82, 2.24) is 5.32 Å². The number of rotatable bonds is 4. The number of benzene rings is 1. The molecule has 1 amide bonds. The highest BCUT2D eigenvalue weighted by Gasteiger charge is 2.08. The Labute approximate surface area is 102 Å². The molecule has 0 fully saturated rings. The van der Waals surface area contributed by atoms with Crippen LogP contribution in [0, 0.1) is 0 Å². The van der Waals surface area contributed by atoms with Crippen LogP contribution in [-0.2, 0) is 6.54 Å². The number of carbonyl (C=O) groups is 1. The molecule has 3 N–H and O–H groups in total. The van der Waals surface area contributed by atoms with Gasteiger partial charge in [0, 0.05) is 18.2 Å². The molecule has 0 aromatic heterocycles. The Bertz CT molecular complexity index is 409. The molecule has 0 bridgehead atoms. The highest BCUT2D eigenvalue weighted by Crippen LogP contribution is 2.11. The molecule has 0 radical (unpaired) electrons. The van der Waals surface area contributed by atoms with Crippen molar-refractivity contribution in [3.8, 4) is 0 Å². The highest BCUT2D eigenvalue weighted by molar-refractivity contribution is 5.92. The highest BCUT2D eigenvalue weighted by atomic mass is 16.1. The first-order chi connectivity index (χ1) is 8.25. The van der Waals surface area contributed by atoms with E-state index in [4.69, 9.17) is 5.73 Å². The molecule has 0 spiro atoms. The van der Waals surface area contributed by atoms with E-state index >= 15 is 0 Å². The van der Waals surface area contributed by atoms with Crippen LogP contribution in [0.5, 0.6) is 0 Å². The molecule has 0 aliphatic heterocycles. The smallest absolute Gasteiger partial charge is 0.248 e. The third kappa shape index (κ3) is 3.43. The quantitative estimate of drug-likeness (QED) is 0.777. The lowest BCUT2D eigenvalue weighted by Gasteiger charge is -2.19. The molecule has 17 heavy (non-hydrogen) atoms. The number of primary amides is 1. The summed E-state index contributed by atoms with van der Waals surface area (Å²) in [6.45, 7) is 0.845. The van der Waals surface area contributed by atoms with Crippen LogP contribution in [0.25, 0.3) is 0 Å². The predicted molar refractivity (Wildman–Crippen MR) is 68.6 cm³/mol. The Morgan fingerprint density at radius 1 is 1.29 bits per heavy atom. The summed E-state index contributed by atoms with van der Waals surface area (Å²) in [6.07, 6.45) is 7.95. The van der Waals surface area contributed by atoms with Crippen molar-refractivity contribution in [3.63, 3.8) is 0 Å². The van der Waals surface area contributed by atoms with Crippen LogP contribution in [-0.4, -0.2) is 11.9 Å². The zero-order valence-electron chi connectivity index (χ0n) is 9.86. The summed E-state index contributed by atoms with van der Waals surface area (Å²) < 4.78 is 0. The SMILES string of the molecule is NC(=O)c1ccc(CNC2CC=CCC2)cc1. The maximum absolute atomic E-state index is 10.9. The topological polar surface area (TPSA) is 55.1 Å². The Kier molecular flexibility index (Phi) is 3.94. The van der Waals surface area contributed by atoms with Crippen molar-refractivity contribution in [2.45, 2.75) is 31.8 Å². The van der Waals surface area contributed by atoms with E-state index in [1.807, 2.05) is 12.1 Å². The van der Waals surface area contributed by atoms with Gasteiger partial charge in [-0.15, -0.1) is 0 Å². The van der Waals surface area contributed by atoms with Gasteiger partial charge in [-0.2, -0.15) is 0 Å². The number of allylic oxidation sites excluding steroid dienone is 1. The lowest BCUT2D eigenvalue weighted by molar-refractivity contribution is 0.100. The lowest BCUT2D eigenvalue weighted by atomic mass is 10.0. The van der Waals surface area contributed by atoms with E-state index in [0.29, 0.717) is 11.6 Å². The zero-order valence-corrected chi connectivity index (χ0v) is 9.86. The van der Waals surface area contributed by atoms with E-state index in [9.17, 15) is 4.79 Å². The van der Waals surface area contributed by atoms with Crippen molar-refractivity contribution < 1.29 is 4.79 Å². The van der Waals surface area contributed by atoms with Crippen LogP contribution in [0.4, 0.5) is 0 Å². The van der Waals surface area contributed by atoms with Crippen LogP contribution in [0.15, 0.2) is 36.4 Å². The first-order valence-electron chi connectivity index (χ1n) is 6.03. The Balaban J connectivity index is 1.86. The summed E-state index contributed by atoms with van der Waals surface area (Å²) in [5.41, 5.74) is 6.94. The van der Waals surface area contributed by atoms with Gasteiger partial charge in [0.05, 0.1) is 0 Å². The molecule has 3 nitrogen and oxygen atoms in total. The Morgan fingerprint density at radius 2 is 2.06 bits per heavy atom. The van der Waals surface area contributed by atoms with Crippen LogP contribution in [0.1, 0.15) is 35.2 Å². The minimum atomic E-state index is -0.373. The van der Waals surface area contributed by atoms with Gasteiger partial charge in [-0.25, -0.2) is 0 Å². The first kappa shape index (κ1) is 11.9. The van der Waals surface area contributed by atoms with Gasteiger partial charge >= 0.3 is 0 Å². The van der Waals surface area contributed by atoms with E-state index in [0.717, 1.165) is 19.4 Å². The predicted octanol–water partition coefficient (Wildman–Crippen LogP) is 1.98. The number of carbonyl (C=O) groups excluding carboxylic acids is 1. The van der Waals surface area contributed by atoms with Crippen LogP contribution in [0.2, 0.25) is 0 Å². The average molecular weight is 230 g/mol. The van der Waals surface area contributed by atoms with Gasteiger partial charge in [-0.05, 0) is 37.0 Å². The average Bonchev–Trinajstić information content (AvgIpc) is 2.38. The van der Waals surface area contributed by atoms with E-state index in [2.05, 4.69) is 17.5 Å². The number of nitrogens with one attached hydrogen (secondary N) is 1. The fourth-order valence-electron chi connectivity index (χ4n) is 2.03. The van der Waals surface area contributed by atoms with Crippen LogP contribution < -0.4 is 11.1 Å². The third-order valence-corrected chi connectivity index (χ3v) is 3.10. The second-order valence-corrected chi connectivity index (χ2v) is 4.42. The molecule has 1 aliphatic carbocycles. The van der Waals surface area contributed by atoms with Gasteiger partial charge in [0.15, 0.2) is 0 Å². The van der Waals surface area contributed by atoms with Gasteiger partial charge < -0.3 is 11.1 Å². The fraction of sp³-hybridized carbons (Fsp3) is 0.357. The van der Waals surface area contributed by atoms with E-state index in [1.54, 1.807) is 12.1 Å². The maximum Gasteiger partial charge on any atom is 0.248 e. The summed E-state index contributed by atoms with van der Waals surface area (Å²) in [5.74, 6) is -0.373. The summed E-state index contributed by atoms with van der Waals surface area (Å²) in [7, 11) is 0. The molecular formula is C14H18N2O. The van der Waals surface area contributed by atoms with E-state index in [1.165, 1.54) is 12.0 Å². The van der Waals surface area contributed by atoms with Crippen molar-refractivity contribution in [3.05, 3.63) is 47.5 Å². The van der Waals surface area contributed by atoms with Gasteiger partial charge in [0.25, 0.3) is 0 Å². The lowest BCUT2D eigenvalue weighted by Crippen LogP contribution is -2.29. The number of amides is 1. The van der Waals surface area contributed by atoms with Gasteiger partial charge in [-0.1, -0.05) is 24.3 Å². The Hall–Kier alpha value is -1.61. The van der Waals surface area contributed by atoms with Gasteiger partial charge in [0.1, 0.15) is 0 Å². The largest absolute Gasteiger partial charge is 0.366 e. The fourth-order valence-corrected chi connectivity index (χ4v) is 2.03. The first-order valence-corrected chi connectivity index (χ1v) is 6.03. The Morgan fingerprint density at radius 3 is 2.65 bits per heavy atom. The van der Waals surface area contributed by atoms with Crippen molar-refractivity contribution in [2.75, 3.05) is 0 Å². The summed E-state index contributed by atoms with van der Waals surface area (Å²) >= 11 is 0. The summed E-state index contributed by atoms with van der Waals surface area (Å²) in [6, 6.07) is 8.04. The molecule has 1 atom stereocenters. The molecular weight excluding hydrogens is 212 g/mol. The number of hydrogen-bond donors (Lipinski definition) is 2. The second kappa shape index (κ2) is 5.64. The van der Waals surface area contributed by atoms with E-state index in [-0.39, 0.29) is 5.91 Å². The second-order valence-electron chi connectivity index (χ2n) is 4.42. The zero-order chi connectivity index (χ0) is 12.1. The standard InChI is InChI=1S/C14H18N2O/c15-14(17)12-8-6-11(7-9-12)10-16-13-4-2-1-3-5-13/h1-2,6-9,13,16H,3-5,10H2,(H2,15,17). The van der Waals surface area contributed by atoms with Gasteiger partial charge in [0.2, 0.25) is 5.91 Å². The third-order valence-electron chi connectivity index (χ3n) is 3.10. The number of hydrogen-bond acceptors (Lipinski definition) is 2. The van der Waals surface area contributed by atoms with Gasteiger partial charge in [-0.3, -0.25) is 4.79 Å². The van der Waals surface area contributed by atoms with E-state index < -0.39 is 0 Å². The molecule has 2 rings (SSSR count).